The first-order valence-corrected chi connectivity index (χ1v) is 8.67. The summed E-state index contributed by atoms with van der Waals surface area (Å²) in [5.41, 5.74) is 0.366. The van der Waals surface area contributed by atoms with Crippen molar-refractivity contribution in [2.45, 2.75) is 39.2 Å². The van der Waals surface area contributed by atoms with Crippen molar-refractivity contribution in [3.8, 4) is 0 Å². The highest BCUT2D eigenvalue weighted by molar-refractivity contribution is 6.43. The normalized spacial score (nSPS) is 18.7. The highest BCUT2D eigenvalue weighted by Gasteiger charge is 2.27. The molecule has 0 saturated carbocycles. The standard InChI is InChI=1S/C17H24Cl2N2O2/c1-17(2,3)23-16(22)21-9-5-6-12(11-21)10-20-14-8-4-7-13(18)15(14)19/h4,7-8,12,20H,5-6,9-11H2,1-3H3. The Morgan fingerprint density at radius 3 is 2.83 bits per heavy atom. The third kappa shape index (κ3) is 5.47. The molecule has 0 aromatic heterocycles. The molecule has 4 nitrogen and oxygen atoms in total. The van der Waals surface area contributed by atoms with Gasteiger partial charge in [0.05, 0.1) is 15.7 Å². The zero-order valence-electron chi connectivity index (χ0n) is 13.9. The second-order valence-electron chi connectivity index (χ2n) is 6.92. The van der Waals surface area contributed by atoms with E-state index in [1.807, 2.05) is 32.9 Å². The lowest BCUT2D eigenvalue weighted by atomic mass is 9.98. The second kappa shape index (κ2) is 7.63. The van der Waals surface area contributed by atoms with Crippen molar-refractivity contribution >= 4 is 35.0 Å². The highest BCUT2D eigenvalue weighted by Crippen LogP contribution is 2.30. The first-order chi connectivity index (χ1) is 10.8. The van der Waals surface area contributed by atoms with Crippen molar-refractivity contribution in [3.63, 3.8) is 0 Å². The number of piperidine rings is 1. The van der Waals surface area contributed by atoms with Gasteiger partial charge in [0.2, 0.25) is 0 Å². The van der Waals surface area contributed by atoms with Crippen LogP contribution in [0.25, 0.3) is 0 Å². The van der Waals surface area contributed by atoms with E-state index in [1.165, 1.54) is 0 Å². The maximum atomic E-state index is 12.2. The minimum absolute atomic E-state index is 0.233. The minimum Gasteiger partial charge on any atom is -0.444 e. The molecular weight excluding hydrogens is 335 g/mol. The molecule has 1 saturated heterocycles. The van der Waals surface area contributed by atoms with E-state index < -0.39 is 5.60 Å². The van der Waals surface area contributed by atoms with Gasteiger partial charge in [0.25, 0.3) is 0 Å². The van der Waals surface area contributed by atoms with Crippen molar-refractivity contribution in [1.82, 2.24) is 4.90 Å². The SMILES string of the molecule is CC(C)(C)OC(=O)N1CCCC(CNc2cccc(Cl)c2Cl)C1. The molecule has 1 aromatic rings. The molecule has 1 aliphatic rings. The highest BCUT2D eigenvalue weighted by atomic mass is 35.5. The molecule has 0 bridgehead atoms. The summed E-state index contributed by atoms with van der Waals surface area (Å²) < 4.78 is 5.45. The fraction of sp³-hybridized carbons (Fsp3) is 0.588. The van der Waals surface area contributed by atoms with Gasteiger partial charge < -0.3 is 15.0 Å². The number of likely N-dealkylation sites (tertiary alicyclic amines) is 1. The van der Waals surface area contributed by atoms with Gasteiger partial charge in [-0.15, -0.1) is 0 Å². The van der Waals surface area contributed by atoms with Crippen LogP contribution in [0.5, 0.6) is 0 Å². The second-order valence-corrected chi connectivity index (χ2v) is 7.70. The largest absolute Gasteiger partial charge is 0.444 e. The van der Waals surface area contributed by atoms with Crippen molar-refractivity contribution in [1.29, 1.82) is 0 Å². The van der Waals surface area contributed by atoms with E-state index in [0.717, 1.165) is 31.6 Å². The Bertz CT molecular complexity index is 558. The Hall–Kier alpha value is -1.13. The Balaban J connectivity index is 1.89. The lowest BCUT2D eigenvalue weighted by Gasteiger charge is -2.34. The summed E-state index contributed by atoms with van der Waals surface area (Å²) in [5.74, 6) is 0.367. The smallest absolute Gasteiger partial charge is 0.410 e. The summed E-state index contributed by atoms with van der Waals surface area (Å²) in [6.07, 6.45) is 1.82. The predicted molar refractivity (Wildman–Crippen MR) is 95.5 cm³/mol. The number of ether oxygens (including phenoxy) is 1. The van der Waals surface area contributed by atoms with E-state index >= 15 is 0 Å². The van der Waals surface area contributed by atoms with Crippen LogP contribution in [0.4, 0.5) is 10.5 Å². The zero-order chi connectivity index (χ0) is 17.0. The van der Waals surface area contributed by atoms with Crippen molar-refractivity contribution < 1.29 is 9.53 Å². The molecule has 1 unspecified atom stereocenters. The minimum atomic E-state index is -0.462. The molecule has 1 aliphatic heterocycles. The summed E-state index contributed by atoms with van der Waals surface area (Å²) in [6, 6.07) is 5.53. The number of hydrogen-bond donors (Lipinski definition) is 1. The zero-order valence-corrected chi connectivity index (χ0v) is 15.4. The van der Waals surface area contributed by atoms with Gasteiger partial charge in [0.1, 0.15) is 5.60 Å². The van der Waals surface area contributed by atoms with Crippen LogP contribution in [-0.2, 0) is 4.74 Å². The van der Waals surface area contributed by atoms with E-state index in [4.69, 9.17) is 27.9 Å². The molecule has 1 amide bonds. The summed E-state index contributed by atoms with van der Waals surface area (Å²) in [7, 11) is 0. The van der Waals surface area contributed by atoms with E-state index in [2.05, 4.69) is 5.32 Å². The number of nitrogens with zero attached hydrogens (tertiary/aromatic N) is 1. The van der Waals surface area contributed by atoms with Crippen LogP contribution in [0.1, 0.15) is 33.6 Å². The molecule has 23 heavy (non-hydrogen) atoms. The van der Waals surface area contributed by atoms with Crippen LogP contribution in [-0.4, -0.2) is 36.2 Å². The summed E-state index contributed by atoms with van der Waals surface area (Å²) in [4.78, 5) is 14.0. The summed E-state index contributed by atoms with van der Waals surface area (Å²) in [6.45, 7) is 7.85. The molecule has 0 radical (unpaired) electrons. The molecule has 1 fully saturated rings. The van der Waals surface area contributed by atoms with Crippen LogP contribution in [0.3, 0.4) is 0 Å². The van der Waals surface area contributed by atoms with E-state index in [9.17, 15) is 4.79 Å². The molecule has 0 aliphatic carbocycles. The number of halogens is 2. The van der Waals surface area contributed by atoms with Crippen LogP contribution >= 0.6 is 23.2 Å². The van der Waals surface area contributed by atoms with Crippen LogP contribution in [0.15, 0.2) is 18.2 Å². The van der Waals surface area contributed by atoms with Gasteiger partial charge in [-0.05, 0) is 51.7 Å². The third-order valence-corrected chi connectivity index (χ3v) is 4.52. The van der Waals surface area contributed by atoms with Crippen LogP contribution in [0, 0.1) is 5.92 Å². The van der Waals surface area contributed by atoms with Crippen LogP contribution < -0.4 is 5.32 Å². The predicted octanol–water partition coefficient (Wildman–Crippen LogP) is 5.05. The topological polar surface area (TPSA) is 41.6 Å². The average Bonchev–Trinajstić information content (AvgIpc) is 2.47. The number of carbonyl (C=O) groups excluding carboxylic acids is 1. The first kappa shape index (κ1) is 18.2. The lowest BCUT2D eigenvalue weighted by molar-refractivity contribution is 0.0172. The number of carbonyl (C=O) groups is 1. The van der Waals surface area contributed by atoms with Gasteiger partial charge in [-0.25, -0.2) is 4.79 Å². The molecule has 6 heteroatoms. The number of amides is 1. The molecule has 2 rings (SSSR count). The third-order valence-electron chi connectivity index (χ3n) is 3.70. The molecule has 1 heterocycles. The number of benzene rings is 1. The number of hydrogen-bond acceptors (Lipinski definition) is 3. The maximum absolute atomic E-state index is 12.2. The molecule has 1 atom stereocenters. The maximum Gasteiger partial charge on any atom is 0.410 e. The monoisotopic (exact) mass is 358 g/mol. The van der Waals surface area contributed by atoms with Crippen molar-refractivity contribution in [2.75, 3.05) is 25.0 Å². The molecule has 1 N–H and O–H groups in total. The molecule has 0 spiro atoms. The Kier molecular flexibility index (Phi) is 6.04. The van der Waals surface area contributed by atoms with E-state index in [-0.39, 0.29) is 6.09 Å². The van der Waals surface area contributed by atoms with Crippen LogP contribution in [0.2, 0.25) is 10.0 Å². The summed E-state index contributed by atoms with van der Waals surface area (Å²) in [5, 5.41) is 4.41. The van der Waals surface area contributed by atoms with Gasteiger partial charge in [0.15, 0.2) is 0 Å². The Morgan fingerprint density at radius 2 is 2.13 bits per heavy atom. The van der Waals surface area contributed by atoms with E-state index in [1.54, 1.807) is 11.0 Å². The quantitative estimate of drug-likeness (QED) is 0.821. The van der Waals surface area contributed by atoms with Gasteiger partial charge in [0, 0.05) is 19.6 Å². The van der Waals surface area contributed by atoms with Gasteiger partial charge in [-0.3, -0.25) is 0 Å². The molecular formula is C17H24Cl2N2O2. The van der Waals surface area contributed by atoms with Crippen molar-refractivity contribution in [2.24, 2.45) is 5.92 Å². The molecule has 1 aromatic carbocycles. The van der Waals surface area contributed by atoms with Crippen molar-refractivity contribution in [3.05, 3.63) is 28.2 Å². The fourth-order valence-electron chi connectivity index (χ4n) is 2.62. The Labute approximate surface area is 148 Å². The Morgan fingerprint density at radius 1 is 1.39 bits per heavy atom. The van der Waals surface area contributed by atoms with Gasteiger partial charge >= 0.3 is 6.09 Å². The lowest BCUT2D eigenvalue weighted by Crippen LogP contribution is -2.44. The van der Waals surface area contributed by atoms with Gasteiger partial charge in [-0.2, -0.15) is 0 Å². The first-order valence-electron chi connectivity index (χ1n) is 7.92. The van der Waals surface area contributed by atoms with E-state index in [0.29, 0.717) is 22.5 Å². The number of rotatable bonds is 3. The average molecular weight is 359 g/mol. The fourth-order valence-corrected chi connectivity index (χ4v) is 2.99. The number of anilines is 1. The number of nitrogens with one attached hydrogen (secondary N) is 1. The van der Waals surface area contributed by atoms with Gasteiger partial charge in [-0.1, -0.05) is 29.3 Å². The summed E-state index contributed by atoms with van der Waals surface area (Å²) >= 11 is 12.2. The molecule has 128 valence electrons.